The minimum absolute atomic E-state index is 0.157. The number of fused-ring (bicyclic) bond motifs is 1. The van der Waals surface area contributed by atoms with Gasteiger partial charge in [0.05, 0.1) is 12.0 Å². The van der Waals surface area contributed by atoms with E-state index in [2.05, 4.69) is 15.4 Å². The molecule has 4 rings (SSSR count). The van der Waals surface area contributed by atoms with Crippen molar-refractivity contribution >= 4 is 28.5 Å². The minimum atomic E-state index is -0.296. The molecule has 0 spiro atoms. The number of hydrogen-bond acceptors (Lipinski definition) is 4. The summed E-state index contributed by atoms with van der Waals surface area (Å²) in [6, 6.07) is 7.08. The highest BCUT2D eigenvalue weighted by molar-refractivity contribution is 6.30. The average molecular weight is 372 g/mol. The maximum absolute atomic E-state index is 12.8. The van der Waals surface area contributed by atoms with Gasteiger partial charge >= 0.3 is 0 Å². The van der Waals surface area contributed by atoms with Gasteiger partial charge in [-0.1, -0.05) is 24.4 Å². The summed E-state index contributed by atoms with van der Waals surface area (Å²) in [5, 5.41) is 8.01. The van der Waals surface area contributed by atoms with Gasteiger partial charge in [0, 0.05) is 18.1 Å². The van der Waals surface area contributed by atoms with Gasteiger partial charge in [-0.2, -0.15) is 5.10 Å². The summed E-state index contributed by atoms with van der Waals surface area (Å²) in [4.78, 5) is 29.7. The summed E-state index contributed by atoms with van der Waals surface area (Å²) >= 11 is 5.95. The smallest absolute Gasteiger partial charge is 0.279 e. The molecule has 1 N–H and O–H groups in total. The number of aryl methyl sites for hydroxylation is 1. The van der Waals surface area contributed by atoms with Crippen LogP contribution in [0.4, 0.5) is 0 Å². The monoisotopic (exact) mass is 371 g/mol. The Morgan fingerprint density at radius 3 is 2.62 bits per heavy atom. The van der Waals surface area contributed by atoms with Crippen molar-refractivity contribution in [3.63, 3.8) is 0 Å². The number of carbonyl (C=O) groups is 1. The van der Waals surface area contributed by atoms with Gasteiger partial charge in [0.2, 0.25) is 0 Å². The summed E-state index contributed by atoms with van der Waals surface area (Å²) in [6.07, 6.45) is 5.58. The van der Waals surface area contributed by atoms with Crippen molar-refractivity contribution in [1.29, 1.82) is 0 Å². The van der Waals surface area contributed by atoms with Gasteiger partial charge in [-0.15, -0.1) is 0 Å². The fraction of sp³-hybridized carbons (Fsp3) is 0.333. The van der Waals surface area contributed by atoms with E-state index in [-0.39, 0.29) is 28.7 Å². The first-order chi connectivity index (χ1) is 12.5. The molecule has 0 bridgehead atoms. The second-order valence-electron chi connectivity index (χ2n) is 6.55. The summed E-state index contributed by atoms with van der Waals surface area (Å²) in [7, 11) is 1.62. The van der Waals surface area contributed by atoms with Crippen LogP contribution in [0.2, 0.25) is 5.02 Å². The molecule has 134 valence electrons. The zero-order valence-electron chi connectivity index (χ0n) is 14.3. The number of aromatic nitrogens is 4. The van der Waals surface area contributed by atoms with E-state index in [1.165, 1.54) is 15.6 Å². The Morgan fingerprint density at radius 2 is 1.92 bits per heavy atom. The first-order valence-corrected chi connectivity index (χ1v) is 8.93. The molecule has 2 heterocycles. The maximum Gasteiger partial charge on any atom is 0.279 e. The Hall–Kier alpha value is -2.67. The van der Waals surface area contributed by atoms with Crippen LogP contribution in [-0.4, -0.2) is 31.3 Å². The van der Waals surface area contributed by atoms with Gasteiger partial charge in [-0.05, 0) is 37.1 Å². The lowest BCUT2D eigenvalue weighted by Gasteiger charge is -2.10. The molecule has 0 aliphatic heterocycles. The number of rotatable bonds is 3. The number of nitrogens with one attached hydrogen (secondary N) is 1. The number of hydrogen-bond donors (Lipinski definition) is 1. The molecule has 2 aromatic heterocycles. The molecular weight excluding hydrogens is 354 g/mol. The minimum Gasteiger partial charge on any atom is -0.348 e. The second kappa shape index (κ2) is 6.57. The Labute approximate surface area is 154 Å². The van der Waals surface area contributed by atoms with Crippen molar-refractivity contribution in [2.75, 3.05) is 0 Å². The standard InChI is InChI=1S/C18H18ClN5O2/c1-23-10-20-14-15(17(25)21-12-4-2-3-5-12)22-24(16(14)18(23)26)13-8-6-11(19)7-9-13/h6-10,12H,2-5H2,1H3,(H,21,25). The van der Waals surface area contributed by atoms with E-state index < -0.39 is 0 Å². The summed E-state index contributed by atoms with van der Waals surface area (Å²) in [5.74, 6) is -0.296. The molecular formula is C18H18ClN5O2. The molecule has 0 atom stereocenters. The molecule has 1 fully saturated rings. The third kappa shape index (κ3) is 2.88. The summed E-state index contributed by atoms with van der Waals surface area (Å²) in [6.45, 7) is 0. The van der Waals surface area contributed by atoms with Crippen LogP contribution in [0.3, 0.4) is 0 Å². The molecule has 1 aliphatic rings. The lowest BCUT2D eigenvalue weighted by Crippen LogP contribution is -2.33. The predicted molar refractivity (Wildman–Crippen MR) is 98.8 cm³/mol. The van der Waals surface area contributed by atoms with E-state index in [1.54, 1.807) is 31.3 Å². The highest BCUT2D eigenvalue weighted by Crippen LogP contribution is 2.21. The van der Waals surface area contributed by atoms with E-state index in [9.17, 15) is 9.59 Å². The molecule has 26 heavy (non-hydrogen) atoms. The third-order valence-corrected chi connectivity index (χ3v) is 4.97. The van der Waals surface area contributed by atoms with Crippen LogP contribution in [0.25, 0.3) is 16.7 Å². The fourth-order valence-corrected chi connectivity index (χ4v) is 3.46. The number of benzene rings is 1. The quantitative estimate of drug-likeness (QED) is 0.766. The first-order valence-electron chi connectivity index (χ1n) is 8.56. The first kappa shape index (κ1) is 16.8. The number of carbonyl (C=O) groups excluding carboxylic acids is 1. The lowest BCUT2D eigenvalue weighted by molar-refractivity contribution is 0.0934. The van der Waals surface area contributed by atoms with E-state index in [4.69, 9.17) is 11.6 Å². The molecule has 0 unspecified atom stereocenters. The van der Waals surface area contributed by atoms with Crippen LogP contribution in [0.1, 0.15) is 36.2 Å². The van der Waals surface area contributed by atoms with Crippen LogP contribution in [0.15, 0.2) is 35.4 Å². The highest BCUT2D eigenvalue weighted by Gasteiger charge is 2.25. The SMILES string of the molecule is Cn1cnc2c(C(=O)NC3CCCC3)nn(-c3ccc(Cl)cc3)c2c1=O. The lowest BCUT2D eigenvalue weighted by atomic mass is 10.2. The number of nitrogens with zero attached hydrogens (tertiary/aromatic N) is 4. The van der Waals surface area contributed by atoms with E-state index in [0.717, 1.165) is 25.7 Å². The zero-order valence-corrected chi connectivity index (χ0v) is 15.0. The van der Waals surface area contributed by atoms with Crippen molar-refractivity contribution in [2.45, 2.75) is 31.7 Å². The molecule has 1 amide bonds. The van der Waals surface area contributed by atoms with E-state index in [0.29, 0.717) is 16.2 Å². The molecule has 8 heteroatoms. The van der Waals surface area contributed by atoms with Crippen molar-refractivity contribution in [2.24, 2.45) is 7.05 Å². The number of halogens is 1. The average Bonchev–Trinajstić information content (AvgIpc) is 3.26. The molecule has 0 radical (unpaired) electrons. The van der Waals surface area contributed by atoms with Crippen LogP contribution in [-0.2, 0) is 7.05 Å². The van der Waals surface area contributed by atoms with Crippen molar-refractivity contribution in [1.82, 2.24) is 24.6 Å². The summed E-state index contributed by atoms with van der Waals surface area (Å²) in [5.41, 5.74) is 1.12. The predicted octanol–water partition coefficient (Wildman–Crippen LogP) is 2.45. The Bertz CT molecular complexity index is 1030. The van der Waals surface area contributed by atoms with Gasteiger partial charge < -0.3 is 9.88 Å². The second-order valence-corrected chi connectivity index (χ2v) is 6.99. The topological polar surface area (TPSA) is 81.8 Å². The highest BCUT2D eigenvalue weighted by atomic mass is 35.5. The van der Waals surface area contributed by atoms with Gasteiger partial charge in [0.25, 0.3) is 11.5 Å². The van der Waals surface area contributed by atoms with E-state index in [1.807, 2.05) is 0 Å². The fourth-order valence-electron chi connectivity index (χ4n) is 3.33. The normalized spacial score (nSPS) is 14.8. The van der Waals surface area contributed by atoms with Gasteiger partial charge in [-0.3, -0.25) is 9.59 Å². The Balaban J connectivity index is 1.86. The van der Waals surface area contributed by atoms with Crippen LogP contribution in [0, 0.1) is 0 Å². The van der Waals surface area contributed by atoms with Crippen LogP contribution < -0.4 is 10.9 Å². The van der Waals surface area contributed by atoms with Crippen molar-refractivity contribution in [3.8, 4) is 5.69 Å². The largest absolute Gasteiger partial charge is 0.348 e. The third-order valence-electron chi connectivity index (χ3n) is 4.72. The number of amides is 1. The Kier molecular flexibility index (Phi) is 4.24. The molecule has 1 aromatic carbocycles. The molecule has 1 saturated carbocycles. The van der Waals surface area contributed by atoms with Gasteiger partial charge in [-0.25, -0.2) is 9.67 Å². The molecule has 1 aliphatic carbocycles. The Morgan fingerprint density at radius 1 is 1.23 bits per heavy atom. The maximum atomic E-state index is 12.8. The zero-order chi connectivity index (χ0) is 18.3. The van der Waals surface area contributed by atoms with Gasteiger partial charge in [0.1, 0.15) is 5.52 Å². The van der Waals surface area contributed by atoms with E-state index >= 15 is 0 Å². The van der Waals surface area contributed by atoms with Gasteiger partial charge in [0.15, 0.2) is 11.2 Å². The van der Waals surface area contributed by atoms with Crippen molar-refractivity contribution in [3.05, 3.63) is 51.7 Å². The van der Waals surface area contributed by atoms with Crippen molar-refractivity contribution < 1.29 is 4.79 Å². The molecule has 7 nitrogen and oxygen atoms in total. The van der Waals surface area contributed by atoms with Crippen LogP contribution in [0.5, 0.6) is 0 Å². The molecule has 0 saturated heterocycles. The van der Waals surface area contributed by atoms with Crippen LogP contribution >= 0.6 is 11.6 Å². The summed E-state index contributed by atoms with van der Waals surface area (Å²) < 4.78 is 2.83. The molecule has 3 aromatic rings.